The van der Waals surface area contributed by atoms with E-state index in [9.17, 15) is 0 Å². The van der Waals surface area contributed by atoms with E-state index >= 15 is 0 Å². The Morgan fingerprint density at radius 2 is 1.38 bits per heavy atom. The molecule has 0 bridgehead atoms. The normalized spacial score (nSPS) is 9.69. The molecule has 1 aliphatic rings. The smallest absolute Gasteiger partial charge is 0.429 e. The van der Waals surface area contributed by atoms with Crippen LogP contribution in [0.3, 0.4) is 0 Å². The van der Waals surface area contributed by atoms with Crippen molar-refractivity contribution in [1.29, 1.82) is 0 Å². The van der Waals surface area contributed by atoms with E-state index in [4.69, 9.17) is 5.02 Å². The van der Waals surface area contributed by atoms with Gasteiger partial charge in [0.05, 0.1) is 0 Å². The second kappa shape index (κ2) is 30.0. The molecule has 0 fully saturated rings. The number of hydrogen-bond donors (Lipinski definition) is 1. The summed E-state index contributed by atoms with van der Waals surface area (Å²) in [6.07, 6.45) is 9.50. The molecule has 3 heteroatoms. The van der Waals surface area contributed by atoms with Crippen LogP contribution in [-0.4, -0.2) is 19.8 Å². The number of rotatable bonds is 1. The van der Waals surface area contributed by atoms with Crippen LogP contribution in [0, 0.1) is 0 Å². The molecule has 0 saturated carbocycles. The molecule has 0 amide bonds. The molecule has 0 aromatic rings. The minimum absolute atomic E-state index is 0.625. The van der Waals surface area contributed by atoms with Crippen LogP contribution in [0.1, 0.15) is 34.1 Å². The van der Waals surface area contributed by atoms with Gasteiger partial charge in [-0.05, 0) is 6.42 Å². The highest BCUT2D eigenvalue weighted by Gasteiger charge is 1.72. The fourth-order valence-corrected chi connectivity index (χ4v) is 0.393. The zero-order valence-electron chi connectivity index (χ0n) is 9.45. The molecule has 0 atom stereocenters. The monoisotopic (exact) mass is 185 g/mol. The van der Waals surface area contributed by atoms with Crippen LogP contribution in [0.25, 0.3) is 0 Å². The summed E-state index contributed by atoms with van der Waals surface area (Å²) in [7, 11) is 2.00. The Labute approximate surface area is 83.6 Å². The summed E-state index contributed by atoms with van der Waals surface area (Å²) in [4.78, 5) is 0. The molecule has 0 aromatic carbocycles. The summed E-state index contributed by atoms with van der Waals surface area (Å²) in [5.74, 6) is 0. The van der Waals surface area contributed by atoms with Gasteiger partial charge in [0.15, 0.2) is 0 Å². The zero-order chi connectivity index (χ0) is 10.9. The summed E-state index contributed by atoms with van der Waals surface area (Å²) < 4.78 is 3.97. The Bertz CT molecular complexity index is 89.1. The average molecular weight is 185 g/mol. The Balaban J connectivity index is -0.000000114. The first kappa shape index (κ1) is 18.3. The predicted molar refractivity (Wildman–Crippen MR) is 60.6 cm³/mol. The highest BCUT2D eigenvalue weighted by Crippen LogP contribution is 1.93. The van der Waals surface area contributed by atoms with Gasteiger partial charge >= 0.3 is 7.69 Å². The second-order valence-electron chi connectivity index (χ2n) is 1.43. The van der Waals surface area contributed by atoms with Crippen molar-refractivity contribution in [1.82, 2.24) is 0 Å². The van der Waals surface area contributed by atoms with Crippen molar-refractivity contribution in [2.24, 2.45) is 0 Å². The lowest BCUT2D eigenvalue weighted by atomic mass is 10.4. The summed E-state index contributed by atoms with van der Waals surface area (Å²) in [6.45, 7) is 8.00. The maximum atomic E-state index is 7.53. The van der Waals surface area contributed by atoms with Crippen LogP contribution in [0.4, 0.5) is 0 Å². The summed E-state index contributed by atoms with van der Waals surface area (Å²) in [5.41, 5.74) is 0. The quantitative estimate of drug-likeness (QED) is 0.636. The lowest BCUT2D eigenvalue weighted by Crippen LogP contribution is -1.86. The van der Waals surface area contributed by atoms with Gasteiger partial charge in [0.1, 0.15) is 0 Å². The first-order valence-electron chi connectivity index (χ1n) is 4.72. The van der Waals surface area contributed by atoms with Crippen molar-refractivity contribution < 1.29 is 9.68 Å². The first-order chi connectivity index (χ1) is 6.41. The molecule has 0 spiro atoms. The molecule has 77 valence electrons. The van der Waals surface area contributed by atoms with E-state index in [2.05, 4.69) is 29.0 Å². The maximum absolute atomic E-state index is 7.53. The van der Waals surface area contributed by atoms with E-state index < -0.39 is 0 Å². The van der Waals surface area contributed by atoms with E-state index in [1.807, 2.05) is 27.7 Å². The number of allylic oxidation sites excluding steroid dienone is 4. The molecule has 13 heavy (non-hydrogen) atoms. The van der Waals surface area contributed by atoms with E-state index in [1.165, 1.54) is 7.11 Å². The molecule has 0 heterocycles. The molecule has 0 aromatic heterocycles. The third-order valence-corrected chi connectivity index (χ3v) is 0.761. The van der Waals surface area contributed by atoms with Crippen molar-refractivity contribution in [3.8, 4) is 0 Å². The Morgan fingerprint density at radius 3 is 1.46 bits per heavy atom. The van der Waals surface area contributed by atoms with Crippen LogP contribution < -0.4 is 0 Å². The van der Waals surface area contributed by atoms with Gasteiger partial charge in [-0.15, -0.1) is 0 Å². The molecule has 2 nitrogen and oxygen atoms in total. The van der Waals surface area contributed by atoms with Crippen molar-refractivity contribution in [3.63, 3.8) is 0 Å². The van der Waals surface area contributed by atoms with Crippen molar-refractivity contribution in [3.05, 3.63) is 24.3 Å². The van der Waals surface area contributed by atoms with Gasteiger partial charge in [0, 0.05) is 7.11 Å². The second-order valence-corrected chi connectivity index (χ2v) is 1.43. The summed E-state index contributed by atoms with van der Waals surface area (Å²) in [5, 5.41) is 7.53. The molecule has 1 rings (SSSR count). The Kier molecular flexibility index (Phi) is 42.3. The van der Waals surface area contributed by atoms with Crippen LogP contribution in [0.15, 0.2) is 24.3 Å². The van der Waals surface area contributed by atoms with E-state index in [-0.39, 0.29) is 0 Å². The molecule has 1 radical (unpaired) electrons. The largest absolute Gasteiger partial charge is 0.484 e. The summed E-state index contributed by atoms with van der Waals surface area (Å²) in [6, 6.07) is 0. The standard InChI is InChI=1S/C5H6.2C2H6.CH4BO2/c1-2-4-5-3-1;2*1-2;1-4-2-3/h1-4H,5H2;2*1-2H3;3H,1H3. The minimum Gasteiger partial charge on any atom is -0.429 e. The third-order valence-electron chi connectivity index (χ3n) is 0.761. The predicted octanol–water partition coefficient (Wildman–Crippen LogP) is 2.71. The topological polar surface area (TPSA) is 29.5 Å². The molecule has 0 unspecified atom stereocenters. The zero-order valence-corrected chi connectivity index (χ0v) is 9.45. The van der Waals surface area contributed by atoms with E-state index in [0.29, 0.717) is 7.69 Å². The lowest BCUT2D eigenvalue weighted by Gasteiger charge is -1.71. The van der Waals surface area contributed by atoms with Gasteiger partial charge in [-0.3, -0.25) is 0 Å². The van der Waals surface area contributed by atoms with Gasteiger partial charge in [-0.2, -0.15) is 0 Å². The third kappa shape index (κ3) is 34.4. The minimum atomic E-state index is 0.625. The molecular formula is C10H22BO2. The highest BCUT2D eigenvalue weighted by atomic mass is 16.5. The van der Waals surface area contributed by atoms with Gasteiger partial charge < -0.3 is 9.68 Å². The van der Waals surface area contributed by atoms with Crippen molar-refractivity contribution in [2.75, 3.05) is 7.11 Å². The molecule has 1 N–H and O–H groups in total. The molecule has 0 saturated heterocycles. The van der Waals surface area contributed by atoms with E-state index in [0.717, 1.165) is 6.42 Å². The number of hydrogen-bond acceptors (Lipinski definition) is 2. The van der Waals surface area contributed by atoms with Crippen molar-refractivity contribution >= 4 is 7.69 Å². The SMILES string of the molecule is C1=CCC=C1.CC.CC.CO[B]O. The van der Waals surface area contributed by atoms with Crippen LogP contribution >= 0.6 is 0 Å². The van der Waals surface area contributed by atoms with Crippen LogP contribution in [0.2, 0.25) is 0 Å². The first-order valence-corrected chi connectivity index (χ1v) is 4.72. The lowest BCUT2D eigenvalue weighted by molar-refractivity contribution is 0.360. The fraction of sp³-hybridized carbons (Fsp3) is 0.600. The maximum Gasteiger partial charge on any atom is 0.484 e. The van der Waals surface area contributed by atoms with Crippen molar-refractivity contribution in [2.45, 2.75) is 34.1 Å². The molecule has 0 aliphatic heterocycles. The average Bonchev–Trinajstić information content (AvgIpc) is 2.82. The molecular weight excluding hydrogens is 163 g/mol. The Morgan fingerprint density at radius 1 is 1.08 bits per heavy atom. The van der Waals surface area contributed by atoms with E-state index in [1.54, 1.807) is 0 Å². The van der Waals surface area contributed by atoms with Gasteiger partial charge in [-0.1, -0.05) is 52.0 Å². The van der Waals surface area contributed by atoms with Crippen LogP contribution in [0.5, 0.6) is 0 Å². The summed E-state index contributed by atoms with van der Waals surface area (Å²) >= 11 is 0. The van der Waals surface area contributed by atoms with Gasteiger partial charge in [0.2, 0.25) is 0 Å². The highest BCUT2D eigenvalue weighted by molar-refractivity contribution is 6.15. The van der Waals surface area contributed by atoms with Gasteiger partial charge in [0.25, 0.3) is 0 Å². The molecule has 1 aliphatic carbocycles. The fourth-order valence-electron chi connectivity index (χ4n) is 0.393. The Hall–Kier alpha value is -0.535. The van der Waals surface area contributed by atoms with Crippen LogP contribution in [-0.2, 0) is 4.65 Å². The van der Waals surface area contributed by atoms with Gasteiger partial charge in [-0.25, -0.2) is 0 Å².